The molecule has 9 rings (SSSR count). The van der Waals surface area contributed by atoms with Crippen LogP contribution in [0, 0.1) is 34.0 Å². The minimum atomic E-state index is 0.551. The fourth-order valence-corrected chi connectivity index (χ4v) is 7.34. The van der Waals surface area contributed by atoms with Crippen LogP contribution in [0.5, 0.6) is 0 Å². The molecule has 2 aromatic heterocycles. The van der Waals surface area contributed by atoms with Crippen molar-refractivity contribution in [1.82, 2.24) is 9.13 Å². The number of para-hydroxylation sites is 2. The second-order valence-corrected chi connectivity index (χ2v) is 12.4. The summed E-state index contributed by atoms with van der Waals surface area (Å²) in [4.78, 5) is 0. The van der Waals surface area contributed by atoms with Crippen LogP contribution in [0.1, 0.15) is 16.7 Å². The number of benzene rings is 7. The maximum absolute atomic E-state index is 10.5. The lowest BCUT2D eigenvalue weighted by molar-refractivity contribution is 1.17. The number of fused-ring (bicyclic) bond motifs is 6. The first kappa shape index (κ1) is 28.8. The summed E-state index contributed by atoms with van der Waals surface area (Å²) >= 11 is 0. The topological polar surface area (TPSA) is 81.2 Å². The molecule has 5 heteroatoms. The van der Waals surface area contributed by atoms with Gasteiger partial charge in [-0.15, -0.1) is 0 Å². The molecule has 0 fully saturated rings. The van der Waals surface area contributed by atoms with Crippen molar-refractivity contribution in [3.8, 4) is 51.8 Å². The standard InChI is InChI=1S/C45H25N5/c46-26-29-14-18-44-40(20-29)41-21-30(27-47)15-19-45(41)49(44)35-17-16-32(28-48)39(25-35)34-22-33(31-8-2-1-3-9-31)23-36(24-34)50-42-12-6-4-10-37(42)38-11-5-7-13-43(38)50/h1-25H. The molecule has 0 aliphatic carbocycles. The van der Waals surface area contributed by atoms with Gasteiger partial charge in [0.2, 0.25) is 0 Å². The maximum Gasteiger partial charge on any atom is 0.0998 e. The molecule has 230 valence electrons. The van der Waals surface area contributed by atoms with Gasteiger partial charge in [0, 0.05) is 38.5 Å². The minimum Gasteiger partial charge on any atom is -0.309 e. The Kier molecular flexibility index (Phi) is 6.56. The summed E-state index contributed by atoms with van der Waals surface area (Å²) in [7, 11) is 0. The van der Waals surface area contributed by atoms with Gasteiger partial charge >= 0.3 is 0 Å². The van der Waals surface area contributed by atoms with E-state index in [1.807, 2.05) is 66.7 Å². The van der Waals surface area contributed by atoms with E-state index in [0.717, 1.165) is 66.5 Å². The Morgan fingerprint density at radius 3 is 1.50 bits per heavy atom. The van der Waals surface area contributed by atoms with Gasteiger partial charge in [-0.25, -0.2) is 0 Å². The molecule has 50 heavy (non-hydrogen) atoms. The van der Waals surface area contributed by atoms with Crippen molar-refractivity contribution >= 4 is 43.6 Å². The second kappa shape index (κ2) is 11.4. The summed E-state index contributed by atoms with van der Waals surface area (Å²) in [5.41, 5.74) is 11.4. The van der Waals surface area contributed by atoms with Crippen LogP contribution in [0.25, 0.3) is 77.2 Å². The molecule has 0 unspecified atom stereocenters. The summed E-state index contributed by atoms with van der Waals surface area (Å²) in [5.74, 6) is 0. The Morgan fingerprint density at radius 2 is 0.900 bits per heavy atom. The molecule has 0 amide bonds. The molecule has 0 saturated heterocycles. The van der Waals surface area contributed by atoms with Crippen LogP contribution in [-0.4, -0.2) is 9.13 Å². The summed E-state index contributed by atoms with van der Waals surface area (Å²) in [6.07, 6.45) is 0. The second-order valence-electron chi connectivity index (χ2n) is 12.4. The molecule has 0 bridgehead atoms. The molecule has 5 nitrogen and oxygen atoms in total. The van der Waals surface area contributed by atoms with E-state index < -0.39 is 0 Å². The van der Waals surface area contributed by atoms with E-state index in [4.69, 9.17) is 0 Å². The number of nitrogens with zero attached hydrogens (tertiary/aromatic N) is 5. The minimum absolute atomic E-state index is 0.551. The number of hydrogen-bond acceptors (Lipinski definition) is 3. The quantitative estimate of drug-likeness (QED) is 0.193. The van der Waals surface area contributed by atoms with Crippen LogP contribution < -0.4 is 0 Å². The van der Waals surface area contributed by atoms with E-state index in [9.17, 15) is 15.8 Å². The highest BCUT2D eigenvalue weighted by Crippen LogP contribution is 2.39. The van der Waals surface area contributed by atoms with Crippen molar-refractivity contribution in [2.75, 3.05) is 0 Å². The van der Waals surface area contributed by atoms with Crippen LogP contribution >= 0.6 is 0 Å². The third-order valence-electron chi connectivity index (χ3n) is 9.58. The summed E-state index contributed by atoms with van der Waals surface area (Å²) < 4.78 is 4.45. The third-order valence-corrected chi connectivity index (χ3v) is 9.58. The number of aromatic nitrogens is 2. The monoisotopic (exact) mass is 635 g/mol. The van der Waals surface area contributed by atoms with Gasteiger partial charge in [0.1, 0.15) is 0 Å². The molecule has 0 saturated carbocycles. The van der Waals surface area contributed by atoms with Crippen LogP contribution in [0.3, 0.4) is 0 Å². The number of nitriles is 3. The van der Waals surface area contributed by atoms with Crippen LogP contribution in [0.4, 0.5) is 0 Å². The molecule has 0 spiro atoms. The molecular weight excluding hydrogens is 611 g/mol. The Balaban J connectivity index is 1.33. The first-order chi connectivity index (χ1) is 24.6. The van der Waals surface area contributed by atoms with Crippen molar-refractivity contribution in [3.63, 3.8) is 0 Å². The Hall–Kier alpha value is -7.39. The van der Waals surface area contributed by atoms with Crippen molar-refractivity contribution in [2.45, 2.75) is 0 Å². The van der Waals surface area contributed by atoms with Gasteiger partial charge in [-0.3, -0.25) is 0 Å². The van der Waals surface area contributed by atoms with E-state index in [0.29, 0.717) is 16.7 Å². The molecule has 0 aliphatic rings. The fourth-order valence-electron chi connectivity index (χ4n) is 7.34. The summed E-state index contributed by atoms with van der Waals surface area (Å²) in [6.45, 7) is 0. The van der Waals surface area contributed by atoms with E-state index in [-0.39, 0.29) is 0 Å². The van der Waals surface area contributed by atoms with E-state index in [2.05, 4.69) is 112 Å². The SMILES string of the molecule is N#Cc1ccc2c(c1)c1cc(C#N)ccc1n2-c1ccc(C#N)c(-c2cc(-c3ccccc3)cc(-n3c4ccccc4c4ccccc43)c2)c1. The number of hydrogen-bond donors (Lipinski definition) is 0. The van der Waals surface area contributed by atoms with Gasteiger partial charge in [0.15, 0.2) is 0 Å². The molecule has 2 heterocycles. The molecule has 0 aliphatic heterocycles. The van der Waals surface area contributed by atoms with Crippen LogP contribution in [0.2, 0.25) is 0 Å². The average Bonchev–Trinajstić information content (AvgIpc) is 3.70. The Morgan fingerprint density at radius 1 is 0.360 bits per heavy atom. The van der Waals surface area contributed by atoms with Crippen LogP contribution in [0.15, 0.2) is 152 Å². The normalized spacial score (nSPS) is 11.1. The lowest BCUT2D eigenvalue weighted by atomic mass is 9.94. The van der Waals surface area contributed by atoms with Gasteiger partial charge < -0.3 is 9.13 Å². The molecule has 0 N–H and O–H groups in total. The molecule has 0 atom stereocenters. The van der Waals surface area contributed by atoms with Crippen molar-refractivity contribution < 1.29 is 0 Å². The van der Waals surface area contributed by atoms with Crippen molar-refractivity contribution in [1.29, 1.82) is 15.8 Å². The van der Waals surface area contributed by atoms with Gasteiger partial charge in [-0.2, -0.15) is 15.8 Å². The molecular formula is C45H25N5. The fraction of sp³-hybridized carbons (Fsp3) is 0. The van der Waals surface area contributed by atoms with Crippen molar-refractivity contribution in [3.05, 3.63) is 168 Å². The van der Waals surface area contributed by atoms with Gasteiger partial charge in [-0.1, -0.05) is 66.7 Å². The lowest BCUT2D eigenvalue weighted by Gasteiger charge is -2.16. The maximum atomic E-state index is 10.5. The predicted molar refractivity (Wildman–Crippen MR) is 200 cm³/mol. The van der Waals surface area contributed by atoms with Gasteiger partial charge in [0.25, 0.3) is 0 Å². The highest BCUT2D eigenvalue weighted by atomic mass is 15.0. The summed E-state index contributed by atoms with van der Waals surface area (Å²) in [5, 5.41) is 34.0. The smallest absolute Gasteiger partial charge is 0.0998 e. The van der Waals surface area contributed by atoms with Gasteiger partial charge in [-0.05, 0) is 102 Å². The third kappa shape index (κ3) is 4.45. The number of rotatable bonds is 4. The van der Waals surface area contributed by atoms with E-state index >= 15 is 0 Å². The van der Waals surface area contributed by atoms with Gasteiger partial charge in [0.05, 0.1) is 57.0 Å². The van der Waals surface area contributed by atoms with E-state index in [1.165, 1.54) is 10.8 Å². The first-order valence-corrected chi connectivity index (χ1v) is 16.3. The lowest BCUT2D eigenvalue weighted by Crippen LogP contribution is -1.98. The largest absolute Gasteiger partial charge is 0.309 e. The van der Waals surface area contributed by atoms with Crippen molar-refractivity contribution in [2.24, 2.45) is 0 Å². The average molecular weight is 636 g/mol. The van der Waals surface area contributed by atoms with E-state index in [1.54, 1.807) is 0 Å². The summed E-state index contributed by atoms with van der Waals surface area (Å²) in [6, 6.07) is 58.0. The highest BCUT2D eigenvalue weighted by Gasteiger charge is 2.18. The Bertz CT molecular complexity index is 2830. The zero-order valence-electron chi connectivity index (χ0n) is 26.7. The Labute approximate surface area is 287 Å². The molecule has 0 radical (unpaired) electrons. The first-order valence-electron chi connectivity index (χ1n) is 16.3. The molecule has 7 aromatic carbocycles. The zero-order valence-corrected chi connectivity index (χ0v) is 26.7. The molecule has 9 aromatic rings. The zero-order chi connectivity index (χ0) is 33.8. The predicted octanol–water partition coefficient (Wildman–Crippen LogP) is 10.8. The highest BCUT2D eigenvalue weighted by molar-refractivity contribution is 6.11. The van der Waals surface area contributed by atoms with Crippen LogP contribution in [-0.2, 0) is 0 Å².